The lowest BCUT2D eigenvalue weighted by Crippen LogP contribution is -2.39. The second-order valence-electron chi connectivity index (χ2n) is 5.89. The molecule has 0 aliphatic heterocycles. The Morgan fingerprint density at radius 3 is 2.84 bits per heavy atom. The van der Waals surface area contributed by atoms with Crippen molar-refractivity contribution in [3.63, 3.8) is 0 Å². The Morgan fingerprint density at radius 2 is 2.20 bits per heavy atom. The lowest BCUT2D eigenvalue weighted by atomic mass is 10.1. The van der Waals surface area contributed by atoms with E-state index in [0.29, 0.717) is 23.4 Å². The van der Waals surface area contributed by atoms with Gasteiger partial charge in [-0.15, -0.1) is 0 Å². The number of carbonyl (C=O) groups excluding carboxylic acids is 1. The molecule has 6 heteroatoms. The van der Waals surface area contributed by atoms with Crippen molar-refractivity contribution in [2.24, 2.45) is 0 Å². The fourth-order valence-electron chi connectivity index (χ4n) is 2.43. The maximum absolute atomic E-state index is 12.5. The van der Waals surface area contributed by atoms with Gasteiger partial charge >= 0.3 is 6.03 Å². The molecule has 0 unspecified atom stereocenters. The van der Waals surface area contributed by atoms with Crippen molar-refractivity contribution >= 4 is 11.7 Å². The summed E-state index contributed by atoms with van der Waals surface area (Å²) in [4.78, 5) is 18.5. The zero-order valence-corrected chi connectivity index (χ0v) is 14.9. The van der Waals surface area contributed by atoms with Crippen LogP contribution in [-0.4, -0.2) is 36.1 Å². The van der Waals surface area contributed by atoms with E-state index in [1.807, 2.05) is 26.0 Å². The molecular weight excluding hydrogens is 316 g/mol. The number of benzene rings is 1. The molecule has 0 radical (unpaired) electrons. The second kappa shape index (κ2) is 8.15. The third kappa shape index (κ3) is 4.48. The number of rotatable bonds is 5. The molecule has 0 spiro atoms. The molecule has 2 aromatic rings. The molecule has 1 heterocycles. The van der Waals surface area contributed by atoms with E-state index >= 15 is 0 Å². The monoisotopic (exact) mass is 338 g/mol. The minimum Gasteiger partial charge on any atom is -0.495 e. The first-order valence-electron chi connectivity index (χ1n) is 7.98. The van der Waals surface area contributed by atoms with Gasteiger partial charge in [-0.2, -0.15) is 5.26 Å². The molecule has 0 bridgehead atoms. The quantitative estimate of drug-likeness (QED) is 0.906. The van der Waals surface area contributed by atoms with Gasteiger partial charge in [-0.05, 0) is 43.7 Å². The van der Waals surface area contributed by atoms with E-state index in [4.69, 9.17) is 10.00 Å². The Labute approximate surface area is 148 Å². The van der Waals surface area contributed by atoms with E-state index in [2.05, 4.69) is 16.4 Å². The van der Waals surface area contributed by atoms with Crippen molar-refractivity contribution in [2.45, 2.75) is 26.3 Å². The number of nitriles is 1. The summed E-state index contributed by atoms with van der Waals surface area (Å²) in [6, 6.07) is 10.7. The van der Waals surface area contributed by atoms with Crippen LogP contribution in [0.25, 0.3) is 0 Å². The normalized spacial score (nSPS) is 11.3. The van der Waals surface area contributed by atoms with Gasteiger partial charge in [0.05, 0.1) is 12.7 Å². The molecule has 0 aliphatic rings. The number of hydrogen-bond acceptors (Lipinski definition) is 4. The average Bonchev–Trinajstić information content (AvgIpc) is 2.62. The summed E-state index contributed by atoms with van der Waals surface area (Å²) in [5.41, 5.74) is 3.01. The smallest absolute Gasteiger partial charge is 0.321 e. The van der Waals surface area contributed by atoms with E-state index in [0.717, 1.165) is 11.3 Å². The second-order valence-corrected chi connectivity index (χ2v) is 5.89. The number of nitrogens with zero attached hydrogens (tertiary/aromatic N) is 3. The van der Waals surface area contributed by atoms with Gasteiger partial charge in [-0.3, -0.25) is 4.98 Å². The van der Waals surface area contributed by atoms with Crippen LogP contribution in [-0.2, 0) is 6.42 Å². The van der Waals surface area contributed by atoms with E-state index in [9.17, 15) is 4.79 Å². The highest BCUT2D eigenvalue weighted by Crippen LogP contribution is 2.22. The van der Waals surface area contributed by atoms with Gasteiger partial charge in [-0.25, -0.2) is 4.79 Å². The number of pyridine rings is 1. The maximum atomic E-state index is 12.5. The number of carbonyl (C=O) groups is 1. The van der Waals surface area contributed by atoms with Crippen molar-refractivity contribution in [2.75, 3.05) is 19.5 Å². The molecule has 0 saturated carbocycles. The molecule has 0 saturated heterocycles. The number of hydrogen-bond donors (Lipinski definition) is 1. The number of methoxy groups -OCH3 is 1. The van der Waals surface area contributed by atoms with E-state index in [1.54, 1.807) is 36.3 Å². The topological polar surface area (TPSA) is 78.2 Å². The Bertz CT molecular complexity index is 798. The van der Waals surface area contributed by atoms with Crippen molar-refractivity contribution in [1.29, 1.82) is 5.26 Å². The Hall–Kier alpha value is -3.07. The minimum atomic E-state index is -0.241. The molecule has 2 amide bonds. The number of likely N-dealkylation sites (N-methyl/N-ethyl adjacent to an activating group) is 1. The summed E-state index contributed by atoms with van der Waals surface area (Å²) in [6.45, 7) is 3.98. The summed E-state index contributed by atoms with van der Waals surface area (Å²) in [7, 11) is 3.25. The van der Waals surface area contributed by atoms with Crippen molar-refractivity contribution in [3.8, 4) is 11.8 Å². The fraction of sp³-hybridized carbons (Fsp3) is 0.316. The largest absolute Gasteiger partial charge is 0.495 e. The highest BCUT2D eigenvalue weighted by molar-refractivity contribution is 5.89. The number of aryl methyl sites for hydroxylation is 1. The van der Waals surface area contributed by atoms with Crippen LogP contribution in [0.1, 0.15) is 23.7 Å². The minimum absolute atomic E-state index is 0.0257. The molecule has 130 valence electrons. The highest BCUT2D eigenvalue weighted by atomic mass is 16.5. The summed E-state index contributed by atoms with van der Waals surface area (Å²) in [6.07, 6.45) is 2.43. The van der Waals surface area contributed by atoms with Crippen LogP contribution in [0, 0.1) is 18.3 Å². The predicted molar refractivity (Wildman–Crippen MR) is 96.6 cm³/mol. The molecule has 1 aromatic heterocycles. The molecule has 0 aliphatic carbocycles. The molecule has 0 fully saturated rings. The highest BCUT2D eigenvalue weighted by Gasteiger charge is 2.18. The molecule has 2 rings (SSSR count). The maximum Gasteiger partial charge on any atom is 0.321 e. The first-order valence-corrected chi connectivity index (χ1v) is 7.98. The third-order valence-electron chi connectivity index (χ3n) is 4.16. The predicted octanol–water partition coefficient (Wildman–Crippen LogP) is 3.37. The van der Waals surface area contributed by atoms with Crippen LogP contribution in [0.4, 0.5) is 10.5 Å². The van der Waals surface area contributed by atoms with Gasteiger partial charge in [0, 0.05) is 37.1 Å². The van der Waals surface area contributed by atoms with Gasteiger partial charge < -0.3 is 15.0 Å². The van der Waals surface area contributed by atoms with Crippen LogP contribution < -0.4 is 10.1 Å². The number of urea groups is 1. The van der Waals surface area contributed by atoms with E-state index in [1.165, 1.54) is 7.11 Å². The van der Waals surface area contributed by atoms with Crippen LogP contribution >= 0.6 is 0 Å². The third-order valence-corrected chi connectivity index (χ3v) is 4.16. The molecule has 1 atom stereocenters. The number of ether oxygens (including phenoxy) is 1. The van der Waals surface area contributed by atoms with E-state index < -0.39 is 0 Å². The SMILES string of the molecule is COc1ccc(NC(=O)N(C)[C@@H](C)Cc2ncccc2C)cc1C#N. The first-order chi connectivity index (χ1) is 12.0. The summed E-state index contributed by atoms with van der Waals surface area (Å²) < 4.78 is 5.11. The molecule has 1 aromatic carbocycles. The zero-order valence-electron chi connectivity index (χ0n) is 14.9. The molecule has 6 nitrogen and oxygen atoms in total. The average molecular weight is 338 g/mol. The summed E-state index contributed by atoms with van der Waals surface area (Å²) >= 11 is 0. The number of amides is 2. The van der Waals surface area contributed by atoms with Gasteiger partial charge in [0.25, 0.3) is 0 Å². The van der Waals surface area contributed by atoms with Crippen LogP contribution in [0.5, 0.6) is 5.75 Å². The standard InChI is InChI=1S/C19H22N4O2/c1-13-6-5-9-21-17(13)10-14(2)23(3)19(24)22-16-7-8-18(25-4)15(11-16)12-20/h5-9,11,14H,10H2,1-4H3,(H,22,24)/t14-/m0/s1. The van der Waals surface area contributed by atoms with Crippen molar-refractivity contribution in [3.05, 3.63) is 53.3 Å². The molecule has 25 heavy (non-hydrogen) atoms. The Morgan fingerprint density at radius 1 is 1.44 bits per heavy atom. The Balaban J connectivity index is 2.05. The van der Waals surface area contributed by atoms with Gasteiger partial charge in [0.1, 0.15) is 11.8 Å². The zero-order chi connectivity index (χ0) is 18.4. The van der Waals surface area contributed by atoms with Gasteiger partial charge in [0.15, 0.2) is 0 Å². The first kappa shape index (κ1) is 18.3. The number of nitrogens with one attached hydrogen (secondary N) is 1. The van der Waals surface area contributed by atoms with Crippen LogP contribution in [0.15, 0.2) is 36.5 Å². The lowest BCUT2D eigenvalue weighted by molar-refractivity contribution is 0.207. The lowest BCUT2D eigenvalue weighted by Gasteiger charge is -2.25. The Kier molecular flexibility index (Phi) is 5.96. The van der Waals surface area contributed by atoms with E-state index in [-0.39, 0.29) is 12.1 Å². The number of aromatic nitrogens is 1. The fourth-order valence-corrected chi connectivity index (χ4v) is 2.43. The summed E-state index contributed by atoms with van der Waals surface area (Å²) in [5, 5.41) is 11.9. The van der Waals surface area contributed by atoms with Crippen molar-refractivity contribution in [1.82, 2.24) is 9.88 Å². The van der Waals surface area contributed by atoms with Crippen LogP contribution in [0.3, 0.4) is 0 Å². The van der Waals surface area contributed by atoms with Gasteiger partial charge in [-0.1, -0.05) is 6.07 Å². The summed E-state index contributed by atoms with van der Waals surface area (Å²) in [5.74, 6) is 0.479. The number of anilines is 1. The molecule has 1 N–H and O–H groups in total. The molecular formula is C19H22N4O2. The van der Waals surface area contributed by atoms with Crippen LogP contribution in [0.2, 0.25) is 0 Å². The van der Waals surface area contributed by atoms with Gasteiger partial charge in [0.2, 0.25) is 0 Å². The van der Waals surface area contributed by atoms with Crippen molar-refractivity contribution < 1.29 is 9.53 Å².